The summed E-state index contributed by atoms with van der Waals surface area (Å²) in [5.41, 5.74) is 0. The van der Waals surface area contributed by atoms with Crippen molar-refractivity contribution in [2.45, 2.75) is 111 Å². The second kappa shape index (κ2) is 21.1. The van der Waals surface area contributed by atoms with Crippen LogP contribution >= 0.6 is 0 Å². The lowest BCUT2D eigenvalue weighted by atomic mass is 9.89. The second-order valence-electron chi connectivity index (χ2n) is 14.6. The summed E-state index contributed by atoms with van der Waals surface area (Å²) in [4.78, 5) is 60.3. The number of likely N-dealkylation sites (tertiary alicyclic amines) is 1. The number of hydrogen-bond acceptors (Lipinski definition) is 9. The van der Waals surface area contributed by atoms with Crippen molar-refractivity contribution in [1.82, 2.24) is 30.7 Å². The van der Waals surface area contributed by atoms with E-state index in [0.717, 1.165) is 38.9 Å². The van der Waals surface area contributed by atoms with Gasteiger partial charge in [-0.1, -0.05) is 54.9 Å². The number of carbonyl (C=O) groups excluding carboxylic acids is 4. The van der Waals surface area contributed by atoms with Crippen molar-refractivity contribution in [3.8, 4) is 0 Å². The van der Waals surface area contributed by atoms with Crippen molar-refractivity contribution < 1.29 is 33.4 Å². The first-order valence-corrected chi connectivity index (χ1v) is 18.4. The maximum absolute atomic E-state index is 14.1. The van der Waals surface area contributed by atoms with Gasteiger partial charge in [-0.3, -0.25) is 24.1 Å². The lowest BCUT2D eigenvalue weighted by Gasteiger charge is -2.41. The van der Waals surface area contributed by atoms with Crippen molar-refractivity contribution in [3.05, 3.63) is 0 Å². The van der Waals surface area contributed by atoms with Gasteiger partial charge in [-0.25, -0.2) is 0 Å². The predicted octanol–water partition coefficient (Wildman–Crippen LogP) is 1.74. The summed E-state index contributed by atoms with van der Waals surface area (Å²) in [7, 11) is 6.67. The van der Waals surface area contributed by atoms with Crippen LogP contribution in [0.1, 0.15) is 74.1 Å². The molecule has 0 aliphatic carbocycles. The smallest absolute Gasteiger partial charge is 0.245 e. The van der Waals surface area contributed by atoms with Gasteiger partial charge in [0.05, 0.1) is 55.9 Å². The van der Waals surface area contributed by atoms with Crippen LogP contribution in [-0.4, -0.2) is 149 Å². The molecule has 4 amide bonds. The van der Waals surface area contributed by atoms with Crippen molar-refractivity contribution in [2.24, 2.45) is 23.7 Å². The summed E-state index contributed by atoms with van der Waals surface area (Å²) in [6, 6.07) is -1.83. The van der Waals surface area contributed by atoms with E-state index >= 15 is 0 Å². The summed E-state index contributed by atoms with van der Waals surface area (Å²) in [6.45, 7) is 18.7. The van der Waals surface area contributed by atoms with E-state index in [1.54, 1.807) is 33.2 Å². The molecule has 2 aliphatic heterocycles. The standard InChI is InChI=1S/C36H68N6O7/c1-12-25(6)32(40(9)36(46)31(24(4)5)39-35(45)30(37-8)23(2)3)28(47-10)22-29(43)42-16-13-14-27(42)33(48-11)26(7)34(44)38-15-17-41-18-20-49-21-19-41/h23-28,30-33,37H,12-22H2,1-11H3,(H,38,44)(H,39,45)/t25-,26+,27-,28+,30-,31?,32-,33+/m0/s1. The largest absolute Gasteiger partial charge is 0.379 e. The molecule has 2 heterocycles. The van der Waals surface area contributed by atoms with E-state index < -0.39 is 36.3 Å². The third-order valence-corrected chi connectivity index (χ3v) is 10.6. The Bertz CT molecular complexity index is 1040. The molecule has 8 atom stereocenters. The minimum Gasteiger partial charge on any atom is -0.379 e. The minimum atomic E-state index is -0.737. The molecule has 13 heteroatoms. The van der Waals surface area contributed by atoms with E-state index in [1.807, 2.05) is 39.5 Å². The van der Waals surface area contributed by atoms with Crippen LogP contribution in [0.5, 0.6) is 0 Å². The highest BCUT2D eigenvalue weighted by molar-refractivity contribution is 5.90. The number of morpholine rings is 1. The summed E-state index contributed by atoms with van der Waals surface area (Å²) in [5, 5.41) is 9.11. The number of hydrogen-bond donors (Lipinski definition) is 3. The highest BCUT2D eigenvalue weighted by Gasteiger charge is 2.43. The van der Waals surface area contributed by atoms with Crippen molar-refractivity contribution >= 4 is 23.6 Å². The molecule has 13 nitrogen and oxygen atoms in total. The third kappa shape index (κ3) is 11.9. The fourth-order valence-electron chi connectivity index (χ4n) is 7.37. The van der Waals surface area contributed by atoms with Crippen LogP contribution in [0.4, 0.5) is 0 Å². The molecule has 0 saturated carbocycles. The molecule has 2 aliphatic rings. The quantitative estimate of drug-likeness (QED) is 0.174. The minimum absolute atomic E-state index is 0.0122. The van der Waals surface area contributed by atoms with Crippen molar-refractivity contribution in [2.75, 3.05) is 74.3 Å². The topological polar surface area (TPSA) is 142 Å². The van der Waals surface area contributed by atoms with Gasteiger partial charge in [0.1, 0.15) is 6.04 Å². The molecule has 49 heavy (non-hydrogen) atoms. The average molecular weight is 697 g/mol. The Morgan fingerprint density at radius 3 is 2.08 bits per heavy atom. The number of nitrogens with one attached hydrogen (secondary N) is 3. The van der Waals surface area contributed by atoms with Gasteiger partial charge < -0.3 is 40.0 Å². The lowest BCUT2D eigenvalue weighted by molar-refractivity contribution is -0.147. The fraction of sp³-hybridized carbons (Fsp3) is 0.889. The molecule has 2 rings (SSSR count). The molecule has 0 spiro atoms. The number of nitrogens with zero attached hydrogens (tertiary/aromatic N) is 3. The normalized spacial score (nSPS) is 21.5. The van der Waals surface area contributed by atoms with Crippen LogP contribution < -0.4 is 16.0 Å². The zero-order valence-electron chi connectivity index (χ0n) is 32.3. The van der Waals surface area contributed by atoms with E-state index in [0.29, 0.717) is 26.3 Å². The van der Waals surface area contributed by atoms with E-state index in [1.165, 1.54) is 0 Å². The van der Waals surface area contributed by atoms with Crippen LogP contribution in [0.25, 0.3) is 0 Å². The van der Waals surface area contributed by atoms with Crippen LogP contribution in [0.2, 0.25) is 0 Å². The van der Waals surface area contributed by atoms with Crippen LogP contribution in [0.3, 0.4) is 0 Å². The van der Waals surface area contributed by atoms with Crippen LogP contribution in [-0.2, 0) is 33.4 Å². The maximum Gasteiger partial charge on any atom is 0.245 e. The fourth-order valence-corrected chi connectivity index (χ4v) is 7.37. The van der Waals surface area contributed by atoms with Crippen LogP contribution in [0.15, 0.2) is 0 Å². The highest BCUT2D eigenvalue weighted by atomic mass is 16.5. The van der Waals surface area contributed by atoms with Crippen molar-refractivity contribution in [3.63, 3.8) is 0 Å². The van der Waals surface area contributed by atoms with Gasteiger partial charge in [-0.2, -0.15) is 0 Å². The second-order valence-corrected chi connectivity index (χ2v) is 14.6. The van der Waals surface area contributed by atoms with Gasteiger partial charge in [0, 0.05) is 54.0 Å². The number of carbonyl (C=O) groups is 4. The monoisotopic (exact) mass is 697 g/mol. The Hall–Kier alpha value is -2.32. The average Bonchev–Trinajstić information content (AvgIpc) is 3.56. The van der Waals surface area contributed by atoms with E-state index in [9.17, 15) is 19.2 Å². The zero-order chi connectivity index (χ0) is 36.8. The molecule has 284 valence electrons. The Morgan fingerprint density at radius 1 is 0.918 bits per heavy atom. The van der Waals surface area contributed by atoms with Gasteiger partial charge >= 0.3 is 0 Å². The van der Waals surface area contributed by atoms with Gasteiger partial charge in [0.15, 0.2) is 0 Å². The predicted molar refractivity (Wildman–Crippen MR) is 191 cm³/mol. The SMILES string of the molecule is CC[C@H](C)[C@@H]([C@@H](CC(=O)N1CCC[C@H]1[C@H](OC)[C@@H](C)C(=O)NCCN1CCOCC1)OC)N(C)C(=O)C(NC(=O)[C@@H](NC)C(C)C)C(C)C. The number of ether oxygens (including phenoxy) is 3. The summed E-state index contributed by atoms with van der Waals surface area (Å²) < 4.78 is 17.3. The Labute approximate surface area is 295 Å². The van der Waals surface area contributed by atoms with Crippen LogP contribution in [0, 0.1) is 23.7 Å². The number of methoxy groups -OCH3 is 2. The summed E-state index contributed by atoms with van der Waals surface area (Å²) in [6.07, 6.45) is 1.34. The third-order valence-electron chi connectivity index (χ3n) is 10.6. The van der Waals surface area contributed by atoms with Gasteiger partial charge in [-0.15, -0.1) is 0 Å². The highest BCUT2D eigenvalue weighted by Crippen LogP contribution is 2.29. The van der Waals surface area contributed by atoms with E-state index in [4.69, 9.17) is 14.2 Å². The Kier molecular flexibility index (Phi) is 18.5. The molecule has 0 aromatic heterocycles. The molecule has 0 aromatic carbocycles. The van der Waals surface area contributed by atoms with E-state index in [-0.39, 0.29) is 53.8 Å². The molecule has 2 fully saturated rings. The molecular formula is C36H68N6O7. The van der Waals surface area contributed by atoms with Gasteiger partial charge in [-0.05, 0) is 37.6 Å². The number of rotatable bonds is 20. The summed E-state index contributed by atoms with van der Waals surface area (Å²) in [5.74, 6) is -1.16. The van der Waals surface area contributed by atoms with Gasteiger partial charge in [0.2, 0.25) is 23.6 Å². The molecule has 0 aromatic rings. The molecule has 1 unspecified atom stereocenters. The molecular weight excluding hydrogens is 628 g/mol. The molecule has 2 saturated heterocycles. The Morgan fingerprint density at radius 2 is 1.55 bits per heavy atom. The molecule has 0 bridgehead atoms. The van der Waals surface area contributed by atoms with Crippen molar-refractivity contribution in [1.29, 1.82) is 0 Å². The Balaban J connectivity index is 2.17. The summed E-state index contributed by atoms with van der Waals surface area (Å²) >= 11 is 0. The number of likely N-dealkylation sites (N-methyl/N-ethyl adjacent to an activating group) is 2. The lowest BCUT2D eigenvalue weighted by Crippen LogP contribution is -2.59. The first kappa shape index (κ1) is 42.8. The first-order valence-electron chi connectivity index (χ1n) is 18.4. The number of amides is 4. The zero-order valence-corrected chi connectivity index (χ0v) is 32.3. The first-order chi connectivity index (χ1) is 23.2. The van der Waals surface area contributed by atoms with Gasteiger partial charge in [0.25, 0.3) is 0 Å². The molecule has 3 N–H and O–H groups in total. The molecule has 0 radical (unpaired) electrons. The maximum atomic E-state index is 14.1. The van der Waals surface area contributed by atoms with E-state index in [2.05, 4.69) is 34.7 Å².